The maximum Gasteiger partial charge on any atom is 0.279 e. The Balaban J connectivity index is 1.85. The van der Waals surface area contributed by atoms with Crippen LogP contribution in [0, 0.1) is 19.3 Å². The van der Waals surface area contributed by atoms with Crippen molar-refractivity contribution >= 4 is 10.8 Å². The van der Waals surface area contributed by atoms with Crippen LogP contribution in [0.5, 0.6) is 0 Å². The lowest BCUT2D eigenvalue weighted by molar-refractivity contribution is 0.345. The van der Waals surface area contributed by atoms with E-state index in [1.54, 1.807) is 4.68 Å². The van der Waals surface area contributed by atoms with Crippen molar-refractivity contribution in [2.45, 2.75) is 40.5 Å². The first-order valence-electron chi connectivity index (χ1n) is 10.4. The van der Waals surface area contributed by atoms with Crippen LogP contribution in [0.1, 0.15) is 36.4 Å². The van der Waals surface area contributed by atoms with Gasteiger partial charge in [0.05, 0.1) is 28.2 Å². The van der Waals surface area contributed by atoms with Crippen LogP contribution in [0.4, 0.5) is 0 Å². The Morgan fingerprint density at radius 1 is 0.933 bits per heavy atom. The van der Waals surface area contributed by atoms with Crippen molar-refractivity contribution in [2.24, 2.45) is 5.41 Å². The number of para-hydroxylation sites is 1. The van der Waals surface area contributed by atoms with Crippen molar-refractivity contribution in [3.8, 4) is 16.9 Å². The molecule has 1 aliphatic carbocycles. The van der Waals surface area contributed by atoms with Crippen molar-refractivity contribution in [1.82, 2.24) is 14.8 Å². The Labute approximate surface area is 176 Å². The van der Waals surface area contributed by atoms with E-state index in [2.05, 4.69) is 45.0 Å². The van der Waals surface area contributed by atoms with Gasteiger partial charge in [-0.05, 0) is 49.8 Å². The number of hydrogen-bond acceptors (Lipinski definition) is 3. The molecule has 4 heteroatoms. The van der Waals surface area contributed by atoms with Crippen LogP contribution in [-0.4, -0.2) is 14.8 Å². The zero-order valence-corrected chi connectivity index (χ0v) is 17.9. The molecule has 0 atom stereocenters. The van der Waals surface area contributed by atoms with Gasteiger partial charge in [-0.2, -0.15) is 9.78 Å². The van der Waals surface area contributed by atoms with E-state index in [0.717, 1.165) is 52.1 Å². The van der Waals surface area contributed by atoms with Crippen LogP contribution in [-0.2, 0) is 12.8 Å². The molecular weight excluding hydrogens is 370 g/mol. The van der Waals surface area contributed by atoms with Gasteiger partial charge in [-0.25, -0.2) is 0 Å². The highest BCUT2D eigenvalue weighted by atomic mass is 16.1. The van der Waals surface area contributed by atoms with Gasteiger partial charge in [-0.1, -0.05) is 61.9 Å². The first kappa shape index (κ1) is 18.7. The van der Waals surface area contributed by atoms with E-state index in [-0.39, 0.29) is 11.0 Å². The Kier molecular flexibility index (Phi) is 4.14. The summed E-state index contributed by atoms with van der Waals surface area (Å²) >= 11 is 0. The predicted octanol–water partition coefficient (Wildman–Crippen LogP) is 5.19. The topological polar surface area (TPSA) is 47.8 Å². The molecule has 0 unspecified atom stereocenters. The number of hydrogen-bond donors (Lipinski definition) is 0. The minimum Gasteiger partial charge on any atom is -0.267 e. The summed E-state index contributed by atoms with van der Waals surface area (Å²) in [4.78, 5) is 18.6. The van der Waals surface area contributed by atoms with Crippen LogP contribution in [0.15, 0.2) is 59.4 Å². The fourth-order valence-corrected chi connectivity index (χ4v) is 4.48. The molecule has 4 nitrogen and oxygen atoms in total. The van der Waals surface area contributed by atoms with E-state index in [4.69, 9.17) is 10.1 Å². The quantitative estimate of drug-likeness (QED) is 0.469. The third-order valence-electron chi connectivity index (χ3n) is 6.01. The van der Waals surface area contributed by atoms with Gasteiger partial charge in [0.1, 0.15) is 0 Å². The van der Waals surface area contributed by atoms with Crippen LogP contribution >= 0.6 is 0 Å². The number of pyridine rings is 1. The third-order valence-corrected chi connectivity index (χ3v) is 6.01. The Morgan fingerprint density at radius 3 is 2.37 bits per heavy atom. The maximum atomic E-state index is 13.6. The van der Waals surface area contributed by atoms with Crippen molar-refractivity contribution in [2.75, 3.05) is 0 Å². The van der Waals surface area contributed by atoms with E-state index in [9.17, 15) is 4.79 Å². The number of aryl methyl sites for hydroxylation is 2. The molecule has 30 heavy (non-hydrogen) atoms. The smallest absolute Gasteiger partial charge is 0.267 e. The fraction of sp³-hybridized carbons (Fsp3) is 0.269. The van der Waals surface area contributed by atoms with Gasteiger partial charge in [0.25, 0.3) is 5.56 Å². The standard InChI is InChI=1S/C26H25N3O/c1-16-9-11-18(12-10-16)20-13-19-24-21(27-20)14-26(3,4)15-22(24)28-29(25(19)30)23-8-6-5-7-17(23)2/h5-13H,14-15H2,1-4H3. The Hall–Kier alpha value is -3.27. The second kappa shape index (κ2) is 6.63. The summed E-state index contributed by atoms with van der Waals surface area (Å²) in [6.45, 7) is 8.57. The summed E-state index contributed by atoms with van der Waals surface area (Å²) in [5, 5.41) is 6.49. The number of nitrogens with zero attached hydrogens (tertiary/aromatic N) is 3. The zero-order chi connectivity index (χ0) is 21.0. The molecule has 0 saturated heterocycles. The number of benzene rings is 2. The lowest BCUT2D eigenvalue weighted by Gasteiger charge is -2.30. The van der Waals surface area contributed by atoms with E-state index in [1.165, 1.54) is 5.56 Å². The largest absolute Gasteiger partial charge is 0.279 e. The third kappa shape index (κ3) is 3.04. The second-order valence-electron chi connectivity index (χ2n) is 9.21. The monoisotopic (exact) mass is 395 g/mol. The number of rotatable bonds is 2. The van der Waals surface area contributed by atoms with E-state index in [0.29, 0.717) is 5.39 Å². The lowest BCUT2D eigenvalue weighted by atomic mass is 9.77. The van der Waals surface area contributed by atoms with Crippen LogP contribution in [0.3, 0.4) is 0 Å². The number of aromatic nitrogens is 3. The van der Waals surface area contributed by atoms with Gasteiger partial charge >= 0.3 is 0 Å². The van der Waals surface area contributed by atoms with E-state index < -0.39 is 0 Å². The SMILES string of the molecule is Cc1ccc(-c2cc3c(=O)n(-c4ccccc4C)nc4c3c(n2)CC(C)(C)C4)cc1. The van der Waals surface area contributed by atoms with Gasteiger partial charge in [0, 0.05) is 10.9 Å². The normalized spacial score (nSPS) is 14.8. The van der Waals surface area contributed by atoms with E-state index in [1.807, 2.05) is 37.3 Å². The maximum absolute atomic E-state index is 13.6. The van der Waals surface area contributed by atoms with Gasteiger partial charge in [0.15, 0.2) is 0 Å². The van der Waals surface area contributed by atoms with Crippen molar-refractivity contribution in [3.05, 3.63) is 87.5 Å². The molecule has 1 aliphatic rings. The van der Waals surface area contributed by atoms with Gasteiger partial charge in [-0.3, -0.25) is 9.78 Å². The van der Waals surface area contributed by atoms with Crippen LogP contribution in [0.25, 0.3) is 27.7 Å². The first-order valence-corrected chi connectivity index (χ1v) is 10.4. The molecule has 5 rings (SSSR count). The molecule has 0 spiro atoms. The molecule has 4 aromatic rings. The average molecular weight is 396 g/mol. The molecule has 0 aliphatic heterocycles. The van der Waals surface area contributed by atoms with Gasteiger partial charge < -0.3 is 0 Å². The van der Waals surface area contributed by atoms with Gasteiger partial charge in [-0.15, -0.1) is 0 Å². The molecule has 0 fully saturated rings. The molecule has 0 radical (unpaired) electrons. The molecule has 0 bridgehead atoms. The summed E-state index contributed by atoms with van der Waals surface area (Å²) in [6.07, 6.45) is 1.67. The first-order chi connectivity index (χ1) is 14.3. The molecular formula is C26H25N3O. The summed E-state index contributed by atoms with van der Waals surface area (Å²) in [7, 11) is 0. The highest BCUT2D eigenvalue weighted by Gasteiger charge is 2.31. The minimum absolute atomic E-state index is 0.0415. The molecule has 0 amide bonds. The summed E-state index contributed by atoms with van der Waals surface area (Å²) in [6, 6.07) is 18.2. The van der Waals surface area contributed by atoms with Crippen LogP contribution < -0.4 is 5.56 Å². The average Bonchev–Trinajstić information content (AvgIpc) is 2.70. The Bertz CT molecular complexity index is 1350. The van der Waals surface area contributed by atoms with Crippen LogP contribution in [0.2, 0.25) is 0 Å². The molecule has 150 valence electrons. The highest BCUT2D eigenvalue weighted by Crippen LogP contribution is 2.37. The lowest BCUT2D eigenvalue weighted by Crippen LogP contribution is -2.31. The fourth-order valence-electron chi connectivity index (χ4n) is 4.48. The minimum atomic E-state index is -0.0835. The predicted molar refractivity (Wildman–Crippen MR) is 121 cm³/mol. The van der Waals surface area contributed by atoms with Crippen molar-refractivity contribution in [3.63, 3.8) is 0 Å². The summed E-state index contributed by atoms with van der Waals surface area (Å²) in [5.74, 6) is 0. The van der Waals surface area contributed by atoms with Crippen molar-refractivity contribution in [1.29, 1.82) is 0 Å². The Morgan fingerprint density at radius 2 is 1.63 bits per heavy atom. The molecule has 2 heterocycles. The van der Waals surface area contributed by atoms with Gasteiger partial charge in [0.2, 0.25) is 0 Å². The summed E-state index contributed by atoms with van der Waals surface area (Å²) < 4.78 is 1.58. The molecule has 0 saturated carbocycles. The molecule has 2 aromatic heterocycles. The van der Waals surface area contributed by atoms with E-state index >= 15 is 0 Å². The highest BCUT2D eigenvalue weighted by molar-refractivity contribution is 5.90. The summed E-state index contributed by atoms with van der Waals surface area (Å²) in [5.41, 5.74) is 6.84. The second-order valence-corrected chi connectivity index (χ2v) is 9.21. The van der Waals surface area contributed by atoms with Crippen molar-refractivity contribution < 1.29 is 0 Å². The molecule has 0 N–H and O–H groups in total. The zero-order valence-electron chi connectivity index (χ0n) is 17.9. The molecule has 2 aromatic carbocycles.